The first-order chi connectivity index (χ1) is 2.64. The predicted molar refractivity (Wildman–Crippen MR) is 21.4 cm³/mol. The molecule has 0 aliphatic heterocycles. The van der Waals surface area contributed by atoms with Crippen molar-refractivity contribution in [1.29, 1.82) is 0 Å². The van der Waals surface area contributed by atoms with Crippen LogP contribution in [0.5, 0.6) is 0 Å². The van der Waals surface area contributed by atoms with Crippen LogP contribution in [0.4, 0.5) is 0 Å². The van der Waals surface area contributed by atoms with E-state index in [1.165, 1.54) is 13.8 Å². The van der Waals surface area contributed by atoms with Crippen molar-refractivity contribution in [1.82, 2.24) is 0 Å². The van der Waals surface area contributed by atoms with Gasteiger partial charge in [0.25, 0.3) is 0 Å². The number of carbonyl (C=O) groups excluding carboxylic acids is 2. The Morgan fingerprint density at radius 2 is 1.17 bits per heavy atom. The average Bonchev–Trinajstić information content (AvgIpc) is 1.36. The third-order valence-electron chi connectivity index (χ3n) is 0.496. The number of rotatable bonds is 1. The highest BCUT2D eigenvalue weighted by molar-refractivity contribution is 6.35. The van der Waals surface area contributed by atoms with Crippen molar-refractivity contribution in [2.75, 3.05) is 0 Å². The third kappa shape index (κ3) is 1.64. The largest absolute Gasteiger partial charge is 0.291 e. The molecule has 0 N–H and O–H groups in total. The van der Waals surface area contributed by atoms with Gasteiger partial charge in [-0.15, -0.1) is 0 Å². The molecule has 0 amide bonds. The highest BCUT2D eigenvalue weighted by atomic mass is 16.3. The van der Waals surface area contributed by atoms with Crippen molar-refractivity contribution in [2.24, 2.45) is 0 Å². The van der Waals surface area contributed by atoms with Gasteiger partial charge in [0.15, 0.2) is 11.6 Å². The lowest BCUT2D eigenvalue weighted by atomic mass is 11.3. The van der Waals surface area contributed by atoms with Gasteiger partial charge in [-0.3, -0.25) is 9.59 Å². The van der Waals surface area contributed by atoms with Gasteiger partial charge in [0, 0.05) is 13.8 Å². The molecular formula is C4H6O2. The summed E-state index contributed by atoms with van der Waals surface area (Å²) < 4.78 is 0. The number of hydrogen-bond acceptors (Lipinski definition) is 2. The minimum Gasteiger partial charge on any atom is -0.291 e. The second-order valence-electron chi connectivity index (χ2n) is 1.11. The van der Waals surface area contributed by atoms with Crippen molar-refractivity contribution >= 4 is 11.6 Å². The van der Waals surface area contributed by atoms with Crippen LogP contribution in [0.25, 0.3) is 0 Å². The van der Waals surface area contributed by atoms with Crippen molar-refractivity contribution < 1.29 is 9.59 Å². The fraction of sp³-hybridized carbons (Fsp3) is 0.500. The summed E-state index contributed by atoms with van der Waals surface area (Å²) in [6.07, 6.45) is 0. The molecule has 2 nitrogen and oxygen atoms in total. The van der Waals surface area contributed by atoms with Crippen LogP contribution in [0, 0.1) is 0 Å². The number of Topliss-reactive ketones (excluding diaryl/α,β-unsaturated/α-hetero) is 2. The Labute approximate surface area is 36.2 Å². The molecule has 34 valence electrons. The van der Waals surface area contributed by atoms with Crippen molar-refractivity contribution in [3.05, 3.63) is 0 Å². The zero-order chi connectivity index (χ0) is 5.15. The summed E-state index contributed by atoms with van der Waals surface area (Å²) in [5, 5.41) is 0. The van der Waals surface area contributed by atoms with Crippen molar-refractivity contribution in [2.45, 2.75) is 13.8 Å². The minimum atomic E-state index is -0.380. The zero-order valence-electron chi connectivity index (χ0n) is 3.82. The van der Waals surface area contributed by atoms with Crippen LogP contribution in [0.3, 0.4) is 0 Å². The smallest absolute Gasteiger partial charge is 0.195 e. The SMILES string of the molecule is [13CH3][13C](=O)[13C]([13CH3])=O. The number of carbonyl (C=O) groups is 2. The van der Waals surface area contributed by atoms with Gasteiger partial charge >= 0.3 is 0 Å². The molecule has 0 rings (SSSR count). The molecule has 6 heavy (non-hydrogen) atoms. The maximum Gasteiger partial charge on any atom is 0.195 e. The average molecular weight is 90.1 g/mol. The molecule has 0 aliphatic carbocycles. The van der Waals surface area contributed by atoms with Gasteiger partial charge in [0.2, 0.25) is 0 Å². The summed E-state index contributed by atoms with van der Waals surface area (Å²) in [6.45, 7) is 2.50. The topological polar surface area (TPSA) is 34.1 Å². The lowest BCUT2D eigenvalue weighted by Crippen LogP contribution is -2.01. The summed E-state index contributed by atoms with van der Waals surface area (Å²) in [4.78, 5) is 19.6. The number of hydrogen-bond donors (Lipinski definition) is 0. The molecule has 0 fully saturated rings. The predicted octanol–water partition coefficient (Wildman–Crippen LogP) is 0.164. The third-order valence-corrected chi connectivity index (χ3v) is 0.496. The molecule has 0 aromatic carbocycles. The monoisotopic (exact) mass is 90.1 g/mol. The van der Waals surface area contributed by atoms with Gasteiger partial charge in [0.1, 0.15) is 0 Å². The van der Waals surface area contributed by atoms with E-state index in [1.807, 2.05) is 0 Å². The lowest BCUT2D eigenvalue weighted by molar-refractivity contribution is -0.134. The molecule has 2 heteroatoms. The Morgan fingerprint density at radius 3 is 1.17 bits per heavy atom. The van der Waals surface area contributed by atoms with Gasteiger partial charge in [-0.05, 0) is 0 Å². The molecule has 0 aliphatic rings. The van der Waals surface area contributed by atoms with Crippen LogP contribution in [0.1, 0.15) is 13.8 Å². The summed E-state index contributed by atoms with van der Waals surface area (Å²) in [6, 6.07) is 0. The quantitative estimate of drug-likeness (QED) is 0.339. The van der Waals surface area contributed by atoms with Gasteiger partial charge < -0.3 is 0 Å². The van der Waals surface area contributed by atoms with Crippen molar-refractivity contribution in [3.63, 3.8) is 0 Å². The van der Waals surface area contributed by atoms with E-state index in [9.17, 15) is 9.59 Å². The first kappa shape index (κ1) is 5.34. The molecule has 0 aromatic heterocycles. The van der Waals surface area contributed by atoms with Crippen LogP contribution in [0.15, 0.2) is 0 Å². The Balaban J connectivity index is 3.57. The van der Waals surface area contributed by atoms with Gasteiger partial charge in [-0.1, -0.05) is 0 Å². The van der Waals surface area contributed by atoms with E-state index in [2.05, 4.69) is 0 Å². The molecular weight excluding hydrogens is 84.0 g/mol. The summed E-state index contributed by atoms with van der Waals surface area (Å²) in [5.41, 5.74) is 0. The highest BCUT2D eigenvalue weighted by Crippen LogP contribution is 1.66. The maximum absolute atomic E-state index is 9.79. The number of ketones is 2. The van der Waals surface area contributed by atoms with E-state index in [1.54, 1.807) is 0 Å². The van der Waals surface area contributed by atoms with Crippen LogP contribution < -0.4 is 0 Å². The van der Waals surface area contributed by atoms with Crippen molar-refractivity contribution in [3.8, 4) is 0 Å². The molecule has 0 atom stereocenters. The Hall–Kier alpha value is -0.660. The zero-order valence-corrected chi connectivity index (χ0v) is 3.82. The molecule has 0 saturated carbocycles. The first-order valence-electron chi connectivity index (χ1n) is 1.66. The summed E-state index contributed by atoms with van der Waals surface area (Å²) in [5.74, 6) is -0.759. The molecule has 0 heterocycles. The van der Waals surface area contributed by atoms with Crippen LogP contribution >= 0.6 is 0 Å². The summed E-state index contributed by atoms with van der Waals surface area (Å²) in [7, 11) is 0. The van der Waals surface area contributed by atoms with Crippen LogP contribution in [0.2, 0.25) is 0 Å². The van der Waals surface area contributed by atoms with Gasteiger partial charge in [-0.2, -0.15) is 0 Å². The maximum atomic E-state index is 9.79. The fourth-order valence-electron chi connectivity index (χ4n) is 0. The van der Waals surface area contributed by atoms with E-state index >= 15 is 0 Å². The van der Waals surface area contributed by atoms with E-state index in [-0.39, 0.29) is 11.6 Å². The van der Waals surface area contributed by atoms with E-state index in [0.29, 0.717) is 0 Å². The normalized spacial score (nSPS) is 7.67. The molecule has 0 radical (unpaired) electrons. The second-order valence-corrected chi connectivity index (χ2v) is 1.11. The molecule has 0 spiro atoms. The highest BCUT2D eigenvalue weighted by Gasteiger charge is 1.94. The molecule has 0 aromatic rings. The van der Waals surface area contributed by atoms with Gasteiger partial charge in [0.05, 0.1) is 0 Å². The van der Waals surface area contributed by atoms with E-state index in [4.69, 9.17) is 0 Å². The molecule has 0 bridgehead atoms. The standard InChI is InChI=1S/C4H6O2/c1-3(5)4(2)6/h1-2H3/i1+1,2+1,3+1,4+1. The Kier molecular flexibility index (Phi) is 1.51. The van der Waals surface area contributed by atoms with Crippen LogP contribution in [-0.2, 0) is 9.59 Å². The first-order valence-corrected chi connectivity index (χ1v) is 1.66. The second kappa shape index (κ2) is 1.70. The molecule has 0 saturated heterocycles. The van der Waals surface area contributed by atoms with E-state index < -0.39 is 0 Å². The summed E-state index contributed by atoms with van der Waals surface area (Å²) >= 11 is 0. The lowest BCUT2D eigenvalue weighted by Gasteiger charge is -1.73. The Morgan fingerprint density at radius 1 is 1.00 bits per heavy atom. The minimum absolute atomic E-state index is 0.380. The van der Waals surface area contributed by atoms with Crippen LogP contribution in [-0.4, -0.2) is 11.6 Å². The van der Waals surface area contributed by atoms with E-state index in [0.717, 1.165) is 0 Å². The fourth-order valence-corrected chi connectivity index (χ4v) is 0. The van der Waals surface area contributed by atoms with Gasteiger partial charge in [-0.25, -0.2) is 0 Å². The molecule has 0 unspecified atom stereocenters. The Bertz CT molecular complexity index is 71.5.